The molecule has 0 saturated carbocycles. The van der Waals surface area contributed by atoms with E-state index in [1.54, 1.807) is 12.4 Å². The fourth-order valence-corrected chi connectivity index (χ4v) is 2.69. The van der Waals surface area contributed by atoms with Crippen molar-refractivity contribution in [1.82, 2.24) is 9.97 Å². The summed E-state index contributed by atoms with van der Waals surface area (Å²) in [5.41, 5.74) is 2.75. The van der Waals surface area contributed by atoms with E-state index in [1.807, 2.05) is 36.1 Å². The molecule has 1 aromatic carbocycles. The Labute approximate surface area is 116 Å². The molecule has 0 saturated heterocycles. The molecule has 0 aliphatic carbocycles. The molecular formula is C15H15N3O2. The van der Waals surface area contributed by atoms with Gasteiger partial charge in [-0.15, -0.1) is 0 Å². The van der Waals surface area contributed by atoms with Crippen molar-refractivity contribution < 1.29 is 9.90 Å². The molecular weight excluding hydrogens is 254 g/mol. The Morgan fingerprint density at radius 1 is 1.30 bits per heavy atom. The zero-order valence-electron chi connectivity index (χ0n) is 11.2. The van der Waals surface area contributed by atoms with Crippen LogP contribution in [-0.4, -0.2) is 27.6 Å². The number of carbonyl (C=O) groups is 1. The average Bonchev–Trinajstić information content (AvgIpc) is 2.46. The van der Waals surface area contributed by atoms with Crippen molar-refractivity contribution in [2.45, 2.75) is 19.4 Å². The number of carboxylic acid groups (broad SMARTS) is 1. The maximum atomic E-state index is 11.5. The third-order valence-electron chi connectivity index (χ3n) is 3.65. The first-order valence-electron chi connectivity index (χ1n) is 6.50. The molecule has 0 bridgehead atoms. The second-order valence-electron chi connectivity index (χ2n) is 4.94. The molecule has 1 N–H and O–H groups in total. The summed E-state index contributed by atoms with van der Waals surface area (Å²) in [6, 6.07) is 7.70. The molecule has 3 rings (SSSR count). The second kappa shape index (κ2) is 4.92. The molecule has 20 heavy (non-hydrogen) atoms. The van der Waals surface area contributed by atoms with Crippen LogP contribution in [0.15, 0.2) is 36.7 Å². The third-order valence-corrected chi connectivity index (χ3v) is 3.65. The maximum Gasteiger partial charge on any atom is 0.312 e. The first-order chi connectivity index (χ1) is 9.66. The van der Waals surface area contributed by atoms with Gasteiger partial charge in [0, 0.05) is 25.5 Å². The number of carboxylic acids is 1. The monoisotopic (exact) mass is 269 g/mol. The van der Waals surface area contributed by atoms with E-state index in [0.29, 0.717) is 13.1 Å². The van der Waals surface area contributed by atoms with Gasteiger partial charge in [-0.3, -0.25) is 9.78 Å². The number of hydrogen-bond donors (Lipinski definition) is 1. The van der Waals surface area contributed by atoms with E-state index in [9.17, 15) is 9.90 Å². The van der Waals surface area contributed by atoms with Crippen LogP contribution < -0.4 is 4.90 Å². The van der Waals surface area contributed by atoms with Crippen LogP contribution in [0.1, 0.15) is 22.7 Å². The molecule has 1 atom stereocenters. The summed E-state index contributed by atoms with van der Waals surface area (Å²) >= 11 is 0. The highest BCUT2D eigenvalue weighted by Gasteiger charge is 2.31. The number of aliphatic carboxylic acids is 1. The van der Waals surface area contributed by atoms with Crippen molar-refractivity contribution in [2.75, 3.05) is 11.4 Å². The van der Waals surface area contributed by atoms with E-state index in [2.05, 4.69) is 9.97 Å². The van der Waals surface area contributed by atoms with Crippen LogP contribution in [0.25, 0.3) is 0 Å². The van der Waals surface area contributed by atoms with E-state index in [1.165, 1.54) is 0 Å². The van der Waals surface area contributed by atoms with Gasteiger partial charge in [-0.25, -0.2) is 4.98 Å². The van der Waals surface area contributed by atoms with Gasteiger partial charge < -0.3 is 10.0 Å². The molecule has 0 amide bonds. The molecule has 1 unspecified atom stereocenters. The maximum absolute atomic E-state index is 11.5. The van der Waals surface area contributed by atoms with Gasteiger partial charge in [0.1, 0.15) is 5.82 Å². The van der Waals surface area contributed by atoms with Gasteiger partial charge in [0.2, 0.25) is 0 Å². The molecule has 102 valence electrons. The highest BCUT2D eigenvalue weighted by molar-refractivity contribution is 5.78. The molecule has 1 aromatic heterocycles. The Hall–Kier alpha value is -2.43. The lowest BCUT2D eigenvalue weighted by atomic mass is 9.90. The van der Waals surface area contributed by atoms with Crippen LogP contribution in [0.4, 0.5) is 5.82 Å². The number of fused-ring (bicyclic) bond motifs is 1. The summed E-state index contributed by atoms with van der Waals surface area (Å²) in [7, 11) is 0. The molecule has 1 aliphatic rings. The smallest absolute Gasteiger partial charge is 0.312 e. The zero-order chi connectivity index (χ0) is 14.1. The van der Waals surface area contributed by atoms with E-state index in [0.717, 1.165) is 22.6 Å². The van der Waals surface area contributed by atoms with Gasteiger partial charge >= 0.3 is 5.97 Å². The number of benzene rings is 1. The van der Waals surface area contributed by atoms with Gasteiger partial charge in [0.15, 0.2) is 0 Å². The molecule has 0 fully saturated rings. The molecule has 2 aromatic rings. The highest BCUT2D eigenvalue weighted by atomic mass is 16.4. The summed E-state index contributed by atoms with van der Waals surface area (Å²) in [6.07, 6.45) is 3.28. The summed E-state index contributed by atoms with van der Waals surface area (Å²) in [6.45, 7) is 2.98. The lowest BCUT2D eigenvalue weighted by Gasteiger charge is -2.34. The summed E-state index contributed by atoms with van der Waals surface area (Å²) in [5, 5.41) is 9.46. The summed E-state index contributed by atoms with van der Waals surface area (Å²) in [5.74, 6) is -0.571. The van der Waals surface area contributed by atoms with Crippen LogP contribution in [0.2, 0.25) is 0 Å². The molecule has 2 heterocycles. The molecule has 0 spiro atoms. The Kier molecular flexibility index (Phi) is 3.10. The number of hydrogen-bond acceptors (Lipinski definition) is 4. The normalized spacial score (nSPS) is 17.6. The number of nitrogens with zero attached hydrogens (tertiary/aromatic N) is 3. The fourth-order valence-electron chi connectivity index (χ4n) is 2.69. The lowest BCUT2D eigenvalue weighted by Crippen LogP contribution is -2.37. The van der Waals surface area contributed by atoms with Crippen molar-refractivity contribution in [3.8, 4) is 0 Å². The number of anilines is 1. The number of aryl methyl sites for hydroxylation is 1. The zero-order valence-corrected chi connectivity index (χ0v) is 11.2. The van der Waals surface area contributed by atoms with Crippen LogP contribution >= 0.6 is 0 Å². The average molecular weight is 269 g/mol. The summed E-state index contributed by atoms with van der Waals surface area (Å²) in [4.78, 5) is 22.1. The number of rotatable bonds is 2. The van der Waals surface area contributed by atoms with E-state index in [-0.39, 0.29) is 0 Å². The van der Waals surface area contributed by atoms with E-state index < -0.39 is 11.9 Å². The highest BCUT2D eigenvalue weighted by Crippen LogP contribution is 2.31. The summed E-state index contributed by atoms with van der Waals surface area (Å²) < 4.78 is 0. The molecule has 5 nitrogen and oxygen atoms in total. The van der Waals surface area contributed by atoms with Crippen LogP contribution in [0, 0.1) is 6.92 Å². The first kappa shape index (κ1) is 12.6. The Bertz CT molecular complexity index is 657. The van der Waals surface area contributed by atoms with Gasteiger partial charge in [-0.2, -0.15) is 0 Å². The predicted octanol–water partition coefficient (Wildman–Crippen LogP) is 1.97. The van der Waals surface area contributed by atoms with Crippen molar-refractivity contribution in [3.63, 3.8) is 0 Å². The predicted molar refractivity (Wildman–Crippen MR) is 74.6 cm³/mol. The van der Waals surface area contributed by atoms with Crippen LogP contribution in [0.5, 0.6) is 0 Å². The van der Waals surface area contributed by atoms with Crippen molar-refractivity contribution in [3.05, 3.63) is 53.5 Å². The van der Waals surface area contributed by atoms with Crippen molar-refractivity contribution in [2.24, 2.45) is 0 Å². The molecule has 0 radical (unpaired) electrons. The Balaban J connectivity index is 2.02. The van der Waals surface area contributed by atoms with E-state index in [4.69, 9.17) is 0 Å². The SMILES string of the molecule is Cc1nccnc1N1Cc2ccccc2C(C(=O)O)C1. The standard InChI is InChI=1S/C15H15N3O2/c1-10-14(17-7-6-16-10)18-8-11-4-2-3-5-12(11)13(9-18)15(19)20/h2-7,13H,8-9H2,1H3,(H,19,20). The van der Waals surface area contributed by atoms with E-state index >= 15 is 0 Å². The van der Waals surface area contributed by atoms with Crippen LogP contribution in [-0.2, 0) is 11.3 Å². The largest absolute Gasteiger partial charge is 0.481 e. The Morgan fingerprint density at radius 3 is 2.80 bits per heavy atom. The topological polar surface area (TPSA) is 66.3 Å². The van der Waals surface area contributed by atoms with Crippen LogP contribution in [0.3, 0.4) is 0 Å². The Morgan fingerprint density at radius 2 is 2.05 bits per heavy atom. The quantitative estimate of drug-likeness (QED) is 0.903. The van der Waals surface area contributed by atoms with Gasteiger partial charge in [-0.1, -0.05) is 24.3 Å². The van der Waals surface area contributed by atoms with Gasteiger partial charge in [-0.05, 0) is 18.1 Å². The van der Waals surface area contributed by atoms with Gasteiger partial charge in [0.25, 0.3) is 0 Å². The van der Waals surface area contributed by atoms with Gasteiger partial charge in [0.05, 0.1) is 11.6 Å². The molecule has 5 heteroatoms. The fraction of sp³-hybridized carbons (Fsp3) is 0.267. The number of aromatic nitrogens is 2. The minimum absolute atomic E-state index is 0.422. The first-order valence-corrected chi connectivity index (χ1v) is 6.50. The minimum atomic E-state index is -0.802. The minimum Gasteiger partial charge on any atom is -0.481 e. The third kappa shape index (κ3) is 2.11. The lowest BCUT2D eigenvalue weighted by molar-refractivity contribution is -0.138. The molecule has 1 aliphatic heterocycles. The second-order valence-corrected chi connectivity index (χ2v) is 4.94. The van der Waals surface area contributed by atoms with Crippen molar-refractivity contribution >= 4 is 11.8 Å². The van der Waals surface area contributed by atoms with Crippen molar-refractivity contribution in [1.29, 1.82) is 0 Å².